The zero-order valence-electron chi connectivity index (χ0n) is 11.3. The summed E-state index contributed by atoms with van der Waals surface area (Å²) < 4.78 is 13.4. The smallest absolute Gasteiger partial charge is 0.141 e. The first-order valence-corrected chi connectivity index (χ1v) is 6.64. The lowest BCUT2D eigenvalue weighted by Crippen LogP contribution is -2.45. The number of nitrogens with zero attached hydrogens (tertiary/aromatic N) is 3. The van der Waals surface area contributed by atoms with E-state index in [0.717, 1.165) is 24.2 Å². The van der Waals surface area contributed by atoms with Crippen molar-refractivity contribution in [3.8, 4) is 0 Å². The van der Waals surface area contributed by atoms with Crippen LogP contribution in [0.3, 0.4) is 0 Å². The van der Waals surface area contributed by atoms with Crippen LogP contribution in [0.25, 0.3) is 0 Å². The summed E-state index contributed by atoms with van der Waals surface area (Å²) in [7, 11) is 0. The van der Waals surface area contributed by atoms with E-state index >= 15 is 0 Å². The zero-order valence-corrected chi connectivity index (χ0v) is 11.3. The molecule has 0 amide bonds. The second-order valence-corrected chi connectivity index (χ2v) is 5.46. The van der Waals surface area contributed by atoms with Gasteiger partial charge in [0, 0.05) is 12.3 Å². The van der Waals surface area contributed by atoms with Crippen LogP contribution in [0.1, 0.15) is 31.4 Å². The van der Waals surface area contributed by atoms with Crippen LogP contribution in [0.15, 0.2) is 30.7 Å². The van der Waals surface area contributed by atoms with Crippen molar-refractivity contribution in [3.63, 3.8) is 0 Å². The van der Waals surface area contributed by atoms with Gasteiger partial charge in [0.05, 0.1) is 30.6 Å². The Hall–Kier alpha value is -1.95. The van der Waals surface area contributed by atoms with Crippen molar-refractivity contribution in [1.82, 2.24) is 15.2 Å². The molecule has 1 aliphatic heterocycles. The molecule has 0 aliphatic carbocycles. The van der Waals surface area contributed by atoms with Crippen molar-refractivity contribution in [2.75, 3.05) is 11.5 Å². The maximum atomic E-state index is 13.4. The monoisotopic (exact) mass is 276 g/mol. The zero-order chi connectivity index (χ0) is 14.2. The first kappa shape index (κ1) is 13.1. The average Bonchev–Trinajstić information content (AvgIpc) is 3.06. The molecule has 20 heavy (non-hydrogen) atoms. The minimum atomic E-state index is -0.385. The number of aliphatic hydroxyl groups is 1. The van der Waals surface area contributed by atoms with Crippen LogP contribution in [-0.2, 0) is 0 Å². The number of aliphatic hydroxyl groups excluding tert-OH is 1. The van der Waals surface area contributed by atoms with E-state index in [4.69, 9.17) is 0 Å². The molecule has 2 aromatic heterocycles. The van der Waals surface area contributed by atoms with Crippen molar-refractivity contribution >= 4 is 5.82 Å². The number of rotatable bonds is 3. The number of hydrogen-bond acceptors (Lipinski definition) is 4. The summed E-state index contributed by atoms with van der Waals surface area (Å²) in [5.41, 5.74) is 0.431. The molecule has 1 saturated heterocycles. The predicted octanol–water partition coefficient (Wildman–Crippen LogP) is 2.04. The molecule has 0 spiro atoms. The van der Waals surface area contributed by atoms with Gasteiger partial charge in [0.1, 0.15) is 11.6 Å². The predicted molar refractivity (Wildman–Crippen MR) is 72.7 cm³/mol. The lowest BCUT2D eigenvalue weighted by atomic mass is 10.0. The van der Waals surface area contributed by atoms with Crippen LogP contribution in [-0.4, -0.2) is 32.4 Å². The number of pyridine rings is 1. The summed E-state index contributed by atoms with van der Waals surface area (Å²) in [4.78, 5) is 6.01. The summed E-state index contributed by atoms with van der Waals surface area (Å²) in [5, 5.41) is 16.7. The van der Waals surface area contributed by atoms with Gasteiger partial charge in [-0.05, 0) is 31.4 Å². The number of aromatic amines is 1. The molecule has 106 valence electrons. The number of hydrogen-bond donors (Lipinski definition) is 2. The van der Waals surface area contributed by atoms with Crippen LogP contribution in [0.5, 0.6) is 0 Å². The van der Waals surface area contributed by atoms with Gasteiger partial charge in [0.25, 0.3) is 0 Å². The molecule has 1 aliphatic rings. The van der Waals surface area contributed by atoms with E-state index in [1.54, 1.807) is 12.4 Å². The van der Waals surface area contributed by atoms with Crippen LogP contribution in [0, 0.1) is 5.82 Å². The first-order valence-electron chi connectivity index (χ1n) is 6.64. The van der Waals surface area contributed by atoms with Gasteiger partial charge >= 0.3 is 0 Å². The number of aromatic nitrogens is 3. The molecule has 6 heteroatoms. The van der Waals surface area contributed by atoms with Crippen LogP contribution in [0.4, 0.5) is 10.2 Å². The highest BCUT2D eigenvalue weighted by Gasteiger charge is 2.43. The van der Waals surface area contributed by atoms with E-state index in [1.807, 2.05) is 13.0 Å². The Labute approximate surface area is 116 Å². The molecule has 0 unspecified atom stereocenters. The third kappa shape index (κ3) is 2.06. The fourth-order valence-electron chi connectivity index (χ4n) is 3.00. The van der Waals surface area contributed by atoms with Crippen molar-refractivity contribution in [2.24, 2.45) is 0 Å². The van der Waals surface area contributed by atoms with Gasteiger partial charge in [0.2, 0.25) is 0 Å². The van der Waals surface area contributed by atoms with E-state index in [9.17, 15) is 9.50 Å². The van der Waals surface area contributed by atoms with Gasteiger partial charge in [0.15, 0.2) is 0 Å². The van der Waals surface area contributed by atoms with Crippen LogP contribution in [0.2, 0.25) is 0 Å². The van der Waals surface area contributed by atoms with Gasteiger partial charge < -0.3 is 10.0 Å². The lowest BCUT2D eigenvalue weighted by molar-refractivity contribution is 0.207. The highest BCUT2D eigenvalue weighted by atomic mass is 19.1. The topological polar surface area (TPSA) is 65.0 Å². The maximum Gasteiger partial charge on any atom is 0.141 e. The Balaban J connectivity index is 2.02. The largest absolute Gasteiger partial charge is 0.394 e. The Kier molecular flexibility index (Phi) is 3.17. The van der Waals surface area contributed by atoms with E-state index in [-0.39, 0.29) is 24.0 Å². The van der Waals surface area contributed by atoms with Crippen molar-refractivity contribution < 1.29 is 9.50 Å². The minimum absolute atomic E-state index is 0.0178. The molecule has 3 rings (SSSR count). The molecule has 2 N–H and O–H groups in total. The Bertz CT molecular complexity index is 589. The standard InChI is InChI=1S/C14H17FN4O/c1-14(9-20)4-2-12(10-6-11(15)8-16-7-10)19(14)13-3-5-17-18-13/h3,5-8,12,20H,2,4,9H2,1H3,(H,17,18)/t12-,14+/m1/s1. The molecule has 0 aromatic carbocycles. The van der Waals surface area contributed by atoms with Gasteiger partial charge in [-0.3, -0.25) is 10.1 Å². The molecule has 2 atom stereocenters. The second kappa shape index (κ2) is 4.86. The number of H-pyrrole nitrogens is 1. The fraction of sp³-hybridized carbons (Fsp3) is 0.429. The molecule has 5 nitrogen and oxygen atoms in total. The molecular formula is C14H17FN4O. The van der Waals surface area contributed by atoms with E-state index in [1.165, 1.54) is 12.3 Å². The summed E-state index contributed by atoms with van der Waals surface area (Å²) in [5.74, 6) is 0.484. The number of anilines is 1. The molecule has 3 heterocycles. The molecule has 0 saturated carbocycles. The van der Waals surface area contributed by atoms with Gasteiger partial charge in [-0.15, -0.1) is 0 Å². The van der Waals surface area contributed by atoms with Crippen LogP contribution < -0.4 is 4.90 Å². The molecule has 0 radical (unpaired) electrons. The summed E-state index contributed by atoms with van der Waals surface area (Å²) >= 11 is 0. The SMILES string of the molecule is C[C@@]1(CO)CC[C@H](c2cncc(F)c2)N1c1ccn[nH]1. The highest BCUT2D eigenvalue weighted by Crippen LogP contribution is 2.44. The van der Waals surface area contributed by atoms with Gasteiger partial charge in [-0.25, -0.2) is 4.39 Å². The second-order valence-electron chi connectivity index (χ2n) is 5.46. The lowest BCUT2D eigenvalue weighted by Gasteiger charge is -2.38. The summed E-state index contributed by atoms with van der Waals surface area (Å²) in [6, 6.07) is 3.35. The highest BCUT2D eigenvalue weighted by molar-refractivity contribution is 5.47. The van der Waals surface area contributed by atoms with Gasteiger partial charge in [-0.2, -0.15) is 5.10 Å². The van der Waals surface area contributed by atoms with Crippen molar-refractivity contribution in [2.45, 2.75) is 31.3 Å². The maximum absolute atomic E-state index is 13.4. The number of halogens is 1. The normalized spacial score (nSPS) is 26.1. The molecule has 1 fully saturated rings. The van der Waals surface area contributed by atoms with Crippen molar-refractivity contribution in [3.05, 3.63) is 42.1 Å². The van der Waals surface area contributed by atoms with E-state index in [2.05, 4.69) is 20.1 Å². The Morgan fingerprint density at radius 2 is 2.40 bits per heavy atom. The molecular weight excluding hydrogens is 259 g/mol. The van der Waals surface area contributed by atoms with E-state index in [0.29, 0.717) is 0 Å². The first-order chi connectivity index (χ1) is 9.64. The molecule has 2 aromatic rings. The summed E-state index contributed by atoms with van der Waals surface area (Å²) in [6.45, 7) is 2.03. The minimum Gasteiger partial charge on any atom is -0.394 e. The third-order valence-electron chi connectivity index (χ3n) is 4.05. The Morgan fingerprint density at radius 1 is 1.55 bits per heavy atom. The quantitative estimate of drug-likeness (QED) is 0.900. The van der Waals surface area contributed by atoms with E-state index < -0.39 is 0 Å². The average molecular weight is 276 g/mol. The third-order valence-corrected chi connectivity index (χ3v) is 4.05. The molecule has 0 bridgehead atoms. The fourth-order valence-corrected chi connectivity index (χ4v) is 3.00. The Morgan fingerprint density at radius 3 is 3.05 bits per heavy atom. The van der Waals surface area contributed by atoms with Crippen molar-refractivity contribution in [1.29, 1.82) is 0 Å². The summed E-state index contributed by atoms with van der Waals surface area (Å²) in [6.07, 6.45) is 6.21. The van der Waals surface area contributed by atoms with Crippen LogP contribution >= 0.6 is 0 Å². The number of nitrogens with one attached hydrogen (secondary N) is 1. The van der Waals surface area contributed by atoms with Gasteiger partial charge in [-0.1, -0.05) is 0 Å².